The van der Waals surface area contributed by atoms with E-state index in [0.29, 0.717) is 5.75 Å². The first-order valence-corrected chi connectivity index (χ1v) is 5.34. The highest BCUT2D eigenvalue weighted by atomic mass is 16.5. The first-order valence-electron chi connectivity index (χ1n) is 5.34. The molecule has 15 heavy (non-hydrogen) atoms. The molecule has 0 aliphatic rings. The van der Waals surface area contributed by atoms with E-state index >= 15 is 0 Å². The van der Waals surface area contributed by atoms with Crippen molar-refractivity contribution in [3.8, 4) is 5.75 Å². The van der Waals surface area contributed by atoms with E-state index in [4.69, 9.17) is 9.84 Å². The molecule has 0 aliphatic heterocycles. The third-order valence-corrected chi connectivity index (χ3v) is 2.29. The van der Waals surface area contributed by atoms with Gasteiger partial charge in [-0.15, -0.1) is 0 Å². The normalized spacial score (nSPS) is 12.7. The zero-order chi connectivity index (χ0) is 11.1. The topological polar surface area (TPSA) is 41.5 Å². The summed E-state index contributed by atoms with van der Waals surface area (Å²) in [5, 5.41) is 12.5. The highest BCUT2D eigenvalue weighted by molar-refractivity contribution is 5.27. The van der Waals surface area contributed by atoms with Crippen LogP contribution in [0.5, 0.6) is 5.75 Å². The highest BCUT2D eigenvalue weighted by Crippen LogP contribution is 2.15. The first kappa shape index (κ1) is 12.0. The predicted octanol–water partition coefficient (Wildman–Crippen LogP) is 2.08. The summed E-state index contributed by atoms with van der Waals surface area (Å²) in [6.45, 7) is 6.42. The Bertz CT molecular complexity index is 271. The van der Waals surface area contributed by atoms with E-state index in [9.17, 15) is 0 Å². The second-order valence-corrected chi connectivity index (χ2v) is 3.46. The van der Waals surface area contributed by atoms with Gasteiger partial charge in [-0.05, 0) is 31.5 Å². The van der Waals surface area contributed by atoms with E-state index in [-0.39, 0.29) is 6.04 Å². The number of nitrogens with one attached hydrogen (secondary N) is 1. The lowest BCUT2D eigenvalue weighted by Crippen LogP contribution is -2.23. The fourth-order valence-electron chi connectivity index (χ4n) is 1.37. The van der Waals surface area contributed by atoms with Crippen LogP contribution in [0.15, 0.2) is 24.3 Å². The predicted molar refractivity (Wildman–Crippen MR) is 61.0 cm³/mol. The van der Waals surface area contributed by atoms with Crippen LogP contribution in [-0.2, 0) is 4.74 Å². The molecule has 1 rings (SSSR count). The zero-order valence-corrected chi connectivity index (χ0v) is 9.36. The van der Waals surface area contributed by atoms with Crippen molar-refractivity contribution in [3.05, 3.63) is 29.8 Å². The van der Waals surface area contributed by atoms with Crippen molar-refractivity contribution in [2.75, 3.05) is 19.8 Å². The molecule has 2 N–H and O–H groups in total. The van der Waals surface area contributed by atoms with Crippen LogP contribution in [0.3, 0.4) is 0 Å². The van der Waals surface area contributed by atoms with Crippen LogP contribution in [-0.4, -0.2) is 24.9 Å². The lowest BCUT2D eigenvalue weighted by atomic mass is 10.1. The maximum Gasteiger partial charge on any atom is 0.115 e. The van der Waals surface area contributed by atoms with Crippen molar-refractivity contribution in [2.45, 2.75) is 19.9 Å². The first-order chi connectivity index (χ1) is 7.24. The van der Waals surface area contributed by atoms with Crippen LogP contribution >= 0.6 is 0 Å². The van der Waals surface area contributed by atoms with Crippen molar-refractivity contribution in [3.63, 3.8) is 0 Å². The maximum absolute atomic E-state index is 9.14. The second kappa shape index (κ2) is 6.43. The van der Waals surface area contributed by atoms with Crippen LogP contribution in [0, 0.1) is 0 Å². The molecular formula is C12H19NO2. The minimum absolute atomic E-state index is 0.283. The van der Waals surface area contributed by atoms with Crippen molar-refractivity contribution >= 4 is 0 Å². The van der Waals surface area contributed by atoms with E-state index in [1.165, 1.54) is 5.56 Å². The number of phenolic OH excluding ortho intramolecular Hbond substituents is 1. The molecule has 0 bridgehead atoms. The molecule has 0 saturated heterocycles. The van der Waals surface area contributed by atoms with E-state index in [1.54, 1.807) is 12.1 Å². The molecule has 0 radical (unpaired) electrons. The molecule has 1 aromatic carbocycles. The molecule has 0 saturated carbocycles. The van der Waals surface area contributed by atoms with Gasteiger partial charge in [-0.2, -0.15) is 0 Å². The van der Waals surface area contributed by atoms with Crippen molar-refractivity contribution in [1.29, 1.82) is 0 Å². The van der Waals surface area contributed by atoms with Gasteiger partial charge in [0.15, 0.2) is 0 Å². The number of hydrogen-bond donors (Lipinski definition) is 2. The van der Waals surface area contributed by atoms with E-state index in [0.717, 1.165) is 19.8 Å². The molecule has 0 aromatic heterocycles. The summed E-state index contributed by atoms with van der Waals surface area (Å²) in [5.41, 5.74) is 1.17. The highest BCUT2D eigenvalue weighted by Gasteiger charge is 2.03. The molecule has 1 aromatic rings. The average molecular weight is 209 g/mol. The molecule has 3 heteroatoms. The molecule has 1 unspecified atom stereocenters. The number of rotatable bonds is 6. The molecule has 1 atom stereocenters. The lowest BCUT2D eigenvalue weighted by Gasteiger charge is -2.14. The number of phenols is 1. The summed E-state index contributed by atoms with van der Waals surface area (Å²) in [4.78, 5) is 0. The number of benzene rings is 1. The monoisotopic (exact) mass is 209 g/mol. The van der Waals surface area contributed by atoms with Crippen molar-refractivity contribution in [2.24, 2.45) is 0 Å². The average Bonchev–Trinajstić information content (AvgIpc) is 2.25. The molecule has 0 fully saturated rings. The lowest BCUT2D eigenvalue weighted by molar-refractivity contribution is 0.147. The Morgan fingerprint density at radius 1 is 1.33 bits per heavy atom. The van der Waals surface area contributed by atoms with Gasteiger partial charge in [0.25, 0.3) is 0 Å². The van der Waals surface area contributed by atoms with Gasteiger partial charge in [-0.3, -0.25) is 0 Å². The van der Waals surface area contributed by atoms with Gasteiger partial charge in [0, 0.05) is 19.2 Å². The maximum atomic E-state index is 9.14. The Kier molecular flexibility index (Phi) is 5.15. The summed E-state index contributed by atoms with van der Waals surface area (Å²) in [5.74, 6) is 0.306. The van der Waals surface area contributed by atoms with Crippen LogP contribution in [0.2, 0.25) is 0 Å². The fourth-order valence-corrected chi connectivity index (χ4v) is 1.37. The third-order valence-electron chi connectivity index (χ3n) is 2.29. The van der Waals surface area contributed by atoms with Gasteiger partial charge in [0.05, 0.1) is 6.61 Å². The van der Waals surface area contributed by atoms with Gasteiger partial charge in [-0.1, -0.05) is 12.1 Å². The van der Waals surface area contributed by atoms with E-state index in [2.05, 4.69) is 12.2 Å². The molecule has 0 aliphatic carbocycles. The van der Waals surface area contributed by atoms with Gasteiger partial charge in [0.2, 0.25) is 0 Å². The molecular weight excluding hydrogens is 190 g/mol. The number of hydrogen-bond acceptors (Lipinski definition) is 3. The van der Waals surface area contributed by atoms with Crippen LogP contribution in [0.4, 0.5) is 0 Å². The van der Waals surface area contributed by atoms with Crippen LogP contribution in [0.1, 0.15) is 25.5 Å². The standard InChI is InChI=1S/C12H19NO2/c1-3-15-9-8-13-10(2)11-4-6-12(14)7-5-11/h4-7,10,13-14H,3,8-9H2,1-2H3. The molecule has 84 valence electrons. The number of aromatic hydroxyl groups is 1. The SMILES string of the molecule is CCOCCNC(C)c1ccc(O)cc1. The molecule has 3 nitrogen and oxygen atoms in total. The fraction of sp³-hybridized carbons (Fsp3) is 0.500. The number of ether oxygens (including phenoxy) is 1. The van der Waals surface area contributed by atoms with E-state index in [1.807, 2.05) is 19.1 Å². The second-order valence-electron chi connectivity index (χ2n) is 3.46. The Labute approximate surface area is 91.1 Å². The quantitative estimate of drug-likeness (QED) is 0.705. The Morgan fingerprint density at radius 3 is 2.60 bits per heavy atom. The summed E-state index contributed by atoms with van der Waals surface area (Å²) >= 11 is 0. The summed E-state index contributed by atoms with van der Waals surface area (Å²) < 4.78 is 5.24. The molecule has 0 spiro atoms. The van der Waals surface area contributed by atoms with Gasteiger partial charge < -0.3 is 15.2 Å². The van der Waals surface area contributed by atoms with Gasteiger partial charge >= 0.3 is 0 Å². The van der Waals surface area contributed by atoms with Crippen molar-refractivity contribution in [1.82, 2.24) is 5.32 Å². The Morgan fingerprint density at radius 2 is 2.00 bits per heavy atom. The molecule has 0 amide bonds. The van der Waals surface area contributed by atoms with Gasteiger partial charge in [0.1, 0.15) is 5.75 Å². The third kappa shape index (κ3) is 4.32. The van der Waals surface area contributed by atoms with Crippen LogP contribution in [0.25, 0.3) is 0 Å². The summed E-state index contributed by atoms with van der Waals surface area (Å²) in [6, 6.07) is 7.54. The summed E-state index contributed by atoms with van der Waals surface area (Å²) in [7, 11) is 0. The Hall–Kier alpha value is -1.06. The summed E-state index contributed by atoms with van der Waals surface area (Å²) in [6.07, 6.45) is 0. The van der Waals surface area contributed by atoms with Crippen molar-refractivity contribution < 1.29 is 9.84 Å². The van der Waals surface area contributed by atoms with Crippen LogP contribution < -0.4 is 5.32 Å². The minimum Gasteiger partial charge on any atom is -0.508 e. The van der Waals surface area contributed by atoms with Gasteiger partial charge in [-0.25, -0.2) is 0 Å². The molecule has 0 heterocycles. The Balaban J connectivity index is 2.33. The smallest absolute Gasteiger partial charge is 0.115 e. The zero-order valence-electron chi connectivity index (χ0n) is 9.36. The minimum atomic E-state index is 0.283. The largest absolute Gasteiger partial charge is 0.508 e. The van der Waals surface area contributed by atoms with E-state index < -0.39 is 0 Å².